The first kappa shape index (κ1) is 13.3. The van der Waals surface area contributed by atoms with E-state index in [1.54, 1.807) is 0 Å². The molecule has 1 aliphatic rings. The number of nitriles is 1. The van der Waals surface area contributed by atoms with Gasteiger partial charge in [-0.3, -0.25) is 4.98 Å². The fourth-order valence-electron chi connectivity index (χ4n) is 2.08. The van der Waals surface area contributed by atoms with Gasteiger partial charge < -0.3 is 0 Å². The Kier molecular flexibility index (Phi) is 3.85. The Morgan fingerprint density at radius 3 is 2.94 bits per heavy atom. The Morgan fingerprint density at radius 2 is 2.28 bits per heavy atom. The topological polar surface area (TPSA) is 82.9 Å². The van der Waals surface area contributed by atoms with E-state index in [4.69, 9.17) is 16.9 Å². The molecule has 1 aliphatic carbocycles. The number of halogens is 1. The lowest BCUT2D eigenvalue weighted by molar-refractivity contribution is 0.515. The maximum Gasteiger partial charge on any atom is 0.243 e. The van der Waals surface area contributed by atoms with Gasteiger partial charge in [0.25, 0.3) is 0 Å². The summed E-state index contributed by atoms with van der Waals surface area (Å²) in [4.78, 5) is 3.71. The van der Waals surface area contributed by atoms with Crippen LogP contribution in [-0.2, 0) is 10.0 Å². The van der Waals surface area contributed by atoms with Crippen molar-refractivity contribution in [2.45, 2.75) is 30.2 Å². The lowest BCUT2D eigenvalue weighted by Crippen LogP contribution is -2.37. The number of aromatic nitrogens is 1. The predicted octanol–water partition coefficient (Wildman–Crippen LogP) is 1.71. The van der Waals surface area contributed by atoms with E-state index in [9.17, 15) is 8.42 Å². The first-order chi connectivity index (χ1) is 8.54. The first-order valence-corrected chi connectivity index (χ1v) is 7.42. The van der Waals surface area contributed by atoms with Gasteiger partial charge in [-0.05, 0) is 18.9 Å². The summed E-state index contributed by atoms with van der Waals surface area (Å²) in [6.07, 6.45) is 4.89. The van der Waals surface area contributed by atoms with Gasteiger partial charge in [0.1, 0.15) is 4.90 Å². The van der Waals surface area contributed by atoms with Crippen LogP contribution < -0.4 is 4.72 Å². The van der Waals surface area contributed by atoms with Crippen LogP contribution in [0.25, 0.3) is 0 Å². The van der Waals surface area contributed by atoms with E-state index < -0.39 is 10.0 Å². The summed E-state index contributed by atoms with van der Waals surface area (Å²) >= 11 is 5.84. The molecule has 0 aliphatic heterocycles. The minimum absolute atomic E-state index is 0.0461. The summed E-state index contributed by atoms with van der Waals surface area (Å²) in [6.45, 7) is 0. The number of nitrogens with one attached hydrogen (secondary N) is 1. The van der Waals surface area contributed by atoms with Crippen LogP contribution in [0.2, 0.25) is 5.02 Å². The summed E-state index contributed by atoms with van der Waals surface area (Å²) in [5.41, 5.74) is 0. The third kappa shape index (κ3) is 2.64. The Hall–Kier alpha value is -1.16. The van der Waals surface area contributed by atoms with Crippen molar-refractivity contribution in [3.8, 4) is 6.07 Å². The Bertz CT molecular complexity index is 582. The molecule has 7 heteroatoms. The molecular formula is C11H12ClN3O2S. The lowest BCUT2D eigenvalue weighted by Gasteiger charge is -2.16. The first-order valence-electron chi connectivity index (χ1n) is 5.56. The average molecular weight is 286 g/mol. The van der Waals surface area contributed by atoms with Crippen molar-refractivity contribution in [2.24, 2.45) is 5.92 Å². The van der Waals surface area contributed by atoms with Crippen molar-refractivity contribution in [3.05, 3.63) is 23.5 Å². The number of hydrogen-bond acceptors (Lipinski definition) is 4. The van der Waals surface area contributed by atoms with Gasteiger partial charge in [0.15, 0.2) is 0 Å². The van der Waals surface area contributed by atoms with Crippen LogP contribution in [-0.4, -0.2) is 19.4 Å². The largest absolute Gasteiger partial charge is 0.263 e. The van der Waals surface area contributed by atoms with Crippen LogP contribution in [0.5, 0.6) is 0 Å². The Balaban J connectivity index is 2.23. The van der Waals surface area contributed by atoms with Gasteiger partial charge in [-0.1, -0.05) is 18.0 Å². The molecule has 1 aromatic heterocycles. The standard InChI is InChI=1S/C11H12ClN3O2S/c12-9-4-5-14-7-11(9)18(16,17)15-10-3-1-2-8(10)6-13/h4-5,7-8,10,15H,1-3H2. The highest BCUT2D eigenvalue weighted by molar-refractivity contribution is 7.89. The molecule has 2 unspecified atom stereocenters. The highest BCUT2D eigenvalue weighted by Crippen LogP contribution is 2.27. The second-order valence-corrected chi connectivity index (χ2v) is 6.29. The van der Waals surface area contributed by atoms with Crippen molar-refractivity contribution in [2.75, 3.05) is 0 Å². The number of rotatable bonds is 3. The van der Waals surface area contributed by atoms with Crippen molar-refractivity contribution < 1.29 is 8.42 Å². The third-order valence-corrected chi connectivity index (χ3v) is 4.97. The predicted molar refractivity (Wildman–Crippen MR) is 66.3 cm³/mol. The molecule has 0 spiro atoms. The average Bonchev–Trinajstić information content (AvgIpc) is 2.76. The molecular weight excluding hydrogens is 274 g/mol. The zero-order chi connectivity index (χ0) is 13.2. The van der Waals surface area contributed by atoms with Crippen LogP contribution in [0.1, 0.15) is 19.3 Å². The zero-order valence-corrected chi connectivity index (χ0v) is 11.1. The van der Waals surface area contributed by atoms with Gasteiger partial charge in [-0.15, -0.1) is 0 Å². The van der Waals surface area contributed by atoms with Gasteiger partial charge in [0.05, 0.1) is 17.0 Å². The van der Waals surface area contributed by atoms with Gasteiger partial charge >= 0.3 is 0 Å². The molecule has 5 nitrogen and oxygen atoms in total. The molecule has 2 rings (SSSR count). The lowest BCUT2D eigenvalue weighted by atomic mass is 10.1. The van der Waals surface area contributed by atoms with E-state index in [-0.39, 0.29) is 21.9 Å². The molecule has 0 radical (unpaired) electrons. The second-order valence-electron chi connectivity index (χ2n) is 4.20. The molecule has 0 aromatic carbocycles. The smallest absolute Gasteiger partial charge is 0.243 e. The van der Waals surface area contributed by atoms with Gasteiger partial charge in [0, 0.05) is 18.4 Å². The number of sulfonamides is 1. The highest BCUT2D eigenvalue weighted by atomic mass is 35.5. The van der Waals surface area contributed by atoms with Gasteiger partial charge in [-0.25, -0.2) is 13.1 Å². The quantitative estimate of drug-likeness (QED) is 0.916. The molecule has 96 valence electrons. The maximum absolute atomic E-state index is 12.1. The number of pyridine rings is 1. The van der Waals surface area contributed by atoms with E-state index in [0.29, 0.717) is 6.42 Å². The van der Waals surface area contributed by atoms with Gasteiger partial charge in [-0.2, -0.15) is 5.26 Å². The van der Waals surface area contributed by atoms with Crippen molar-refractivity contribution in [3.63, 3.8) is 0 Å². The van der Waals surface area contributed by atoms with E-state index in [1.807, 2.05) is 0 Å². The van der Waals surface area contributed by atoms with Crippen molar-refractivity contribution >= 4 is 21.6 Å². The molecule has 1 saturated carbocycles. The highest BCUT2D eigenvalue weighted by Gasteiger charge is 2.32. The van der Waals surface area contributed by atoms with Crippen molar-refractivity contribution in [1.29, 1.82) is 5.26 Å². The van der Waals surface area contributed by atoms with Crippen LogP contribution in [0, 0.1) is 17.2 Å². The Morgan fingerprint density at radius 1 is 1.50 bits per heavy atom. The monoisotopic (exact) mass is 285 g/mol. The SMILES string of the molecule is N#CC1CCCC1NS(=O)(=O)c1cnccc1Cl. The molecule has 0 saturated heterocycles. The van der Waals surface area contributed by atoms with Crippen LogP contribution >= 0.6 is 11.6 Å². The van der Waals surface area contributed by atoms with Crippen LogP contribution in [0.15, 0.2) is 23.4 Å². The van der Waals surface area contributed by atoms with Crippen molar-refractivity contribution in [1.82, 2.24) is 9.71 Å². The number of nitrogens with zero attached hydrogens (tertiary/aromatic N) is 2. The van der Waals surface area contributed by atoms with E-state index >= 15 is 0 Å². The zero-order valence-electron chi connectivity index (χ0n) is 9.51. The summed E-state index contributed by atoms with van der Waals surface area (Å²) in [7, 11) is -3.71. The molecule has 1 aromatic rings. The molecule has 0 bridgehead atoms. The normalized spacial score (nSPS) is 23.8. The fraction of sp³-hybridized carbons (Fsp3) is 0.455. The Labute approximate surface area is 111 Å². The van der Waals surface area contributed by atoms with Crippen LogP contribution in [0.3, 0.4) is 0 Å². The fourth-order valence-corrected chi connectivity index (χ4v) is 3.82. The maximum atomic E-state index is 12.1. The summed E-state index contributed by atoms with van der Waals surface area (Å²) < 4.78 is 26.8. The molecule has 1 fully saturated rings. The number of hydrogen-bond donors (Lipinski definition) is 1. The second kappa shape index (κ2) is 5.22. The molecule has 2 atom stereocenters. The van der Waals surface area contributed by atoms with Crippen LogP contribution in [0.4, 0.5) is 0 Å². The molecule has 1 N–H and O–H groups in total. The van der Waals surface area contributed by atoms with E-state index in [1.165, 1.54) is 18.5 Å². The van der Waals surface area contributed by atoms with E-state index in [2.05, 4.69) is 15.8 Å². The minimum Gasteiger partial charge on any atom is -0.263 e. The molecule has 0 amide bonds. The summed E-state index contributed by atoms with van der Waals surface area (Å²) in [5.74, 6) is -0.268. The third-order valence-electron chi connectivity index (χ3n) is 3.01. The van der Waals surface area contributed by atoms with Gasteiger partial charge in [0.2, 0.25) is 10.0 Å². The summed E-state index contributed by atoms with van der Waals surface area (Å²) in [6, 6.07) is 3.21. The molecule has 1 heterocycles. The van der Waals surface area contributed by atoms with E-state index in [0.717, 1.165) is 12.8 Å². The summed E-state index contributed by atoms with van der Waals surface area (Å²) in [5, 5.41) is 9.06. The molecule has 18 heavy (non-hydrogen) atoms. The minimum atomic E-state index is -3.71.